The van der Waals surface area contributed by atoms with E-state index in [1.807, 2.05) is 12.1 Å². The highest BCUT2D eigenvalue weighted by molar-refractivity contribution is 7.90. The minimum atomic E-state index is -2.90. The molecule has 1 aromatic rings. The zero-order valence-corrected chi connectivity index (χ0v) is 14.2. The first-order valence-corrected chi connectivity index (χ1v) is 9.64. The quantitative estimate of drug-likeness (QED) is 0.715. The number of halogens is 1. The van der Waals surface area contributed by atoms with Crippen molar-refractivity contribution < 1.29 is 13.2 Å². The van der Waals surface area contributed by atoms with E-state index in [1.54, 1.807) is 12.1 Å². The Morgan fingerprint density at radius 2 is 2.14 bits per heavy atom. The van der Waals surface area contributed by atoms with Gasteiger partial charge in [0.15, 0.2) is 0 Å². The first-order chi connectivity index (χ1) is 9.90. The second-order valence-corrected chi connectivity index (χ2v) is 7.89. The zero-order valence-electron chi connectivity index (χ0n) is 12.6. The van der Waals surface area contributed by atoms with E-state index in [0.29, 0.717) is 18.1 Å². The number of hydrogen-bond donors (Lipinski definition) is 1. The van der Waals surface area contributed by atoms with Gasteiger partial charge >= 0.3 is 0 Å². The van der Waals surface area contributed by atoms with Crippen LogP contribution in [-0.4, -0.2) is 39.6 Å². The van der Waals surface area contributed by atoms with Gasteiger partial charge in [0.25, 0.3) is 0 Å². The van der Waals surface area contributed by atoms with Crippen molar-refractivity contribution in [2.24, 2.45) is 0 Å². The first-order valence-electron chi connectivity index (χ1n) is 7.20. The molecule has 0 aliphatic rings. The van der Waals surface area contributed by atoms with Gasteiger partial charge in [-0.3, -0.25) is 0 Å². The van der Waals surface area contributed by atoms with Gasteiger partial charge in [-0.05, 0) is 44.0 Å². The summed E-state index contributed by atoms with van der Waals surface area (Å²) in [6, 6.07) is 7.42. The fourth-order valence-corrected chi connectivity index (χ4v) is 2.81. The normalized spacial score (nSPS) is 13.1. The van der Waals surface area contributed by atoms with E-state index in [-0.39, 0.29) is 11.8 Å². The van der Waals surface area contributed by atoms with Crippen molar-refractivity contribution in [1.29, 1.82) is 0 Å². The van der Waals surface area contributed by atoms with Crippen LogP contribution in [0.25, 0.3) is 0 Å². The highest BCUT2D eigenvalue weighted by Crippen LogP contribution is 2.17. The molecule has 6 heteroatoms. The Balaban J connectivity index is 2.45. The van der Waals surface area contributed by atoms with E-state index in [2.05, 4.69) is 12.2 Å². The Morgan fingerprint density at radius 3 is 2.76 bits per heavy atom. The summed E-state index contributed by atoms with van der Waals surface area (Å²) in [5.74, 6) is 0.947. The van der Waals surface area contributed by atoms with Crippen molar-refractivity contribution in [2.75, 3.05) is 25.2 Å². The van der Waals surface area contributed by atoms with Gasteiger partial charge < -0.3 is 10.1 Å². The topological polar surface area (TPSA) is 55.4 Å². The van der Waals surface area contributed by atoms with Crippen LogP contribution < -0.4 is 10.1 Å². The second kappa shape index (κ2) is 9.28. The van der Waals surface area contributed by atoms with Crippen molar-refractivity contribution in [3.63, 3.8) is 0 Å². The van der Waals surface area contributed by atoms with Gasteiger partial charge in [-0.15, -0.1) is 0 Å². The fourth-order valence-electron chi connectivity index (χ4n) is 1.94. The average molecular weight is 334 g/mol. The van der Waals surface area contributed by atoms with Crippen molar-refractivity contribution >= 4 is 21.4 Å². The van der Waals surface area contributed by atoms with Crippen molar-refractivity contribution in [2.45, 2.75) is 32.2 Å². The highest BCUT2D eigenvalue weighted by Gasteiger charge is 2.11. The molecule has 0 aliphatic carbocycles. The average Bonchev–Trinajstić information content (AvgIpc) is 2.40. The summed E-state index contributed by atoms with van der Waals surface area (Å²) < 4.78 is 28.1. The van der Waals surface area contributed by atoms with Crippen molar-refractivity contribution in [1.82, 2.24) is 5.32 Å². The molecule has 0 amide bonds. The van der Waals surface area contributed by atoms with E-state index in [9.17, 15) is 8.42 Å². The second-order valence-electron chi connectivity index (χ2n) is 5.19. The number of hydrogen-bond acceptors (Lipinski definition) is 4. The summed E-state index contributed by atoms with van der Waals surface area (Å²) in [5, 5.41) is 4.03. The van der Waals surface area contributed by atoms with Crippen LogP contribution in [-0.2, 0) is 9.84 Å². The largest absolute Gasteiger partial charge is 0.492 e. The summed E-state index contributed by atoms with van der Waals surface area (Å²) in [5.41, 5.74) is 0. The van der Waals surface area contributed by atoms with E-state index in [0.717, 1.165) is 25.1 Å². The molecule has 0 bridgehead atoms. The molecular weight excluding hydrogens is 310 g/mol. The van der Waals surface area contributed by atoms with Crippen LogP contribution >= 0.6 is 11.6 Å². The van der Waals surface area contributed by atoms with E-state index >= 15 is 0 Å². The third-order valence-corrected chi connectivity index (χ3v) is 4.26. The molecule has 0 aromatic heterocycles. The van der Waals surface area contributed by atoms with Crippen LogP contribution in [0.3, 0.4) is 0 Å². The molecule has 4 nitrogen and oxygen atoms in total. The third-order valence-electron chi connectivity index (χ3n) is 3.00. The third kappa shape index (κ3) is 8.96. The van der Waals surface area contributed by atoms with Crippen LogP contribution in [0.2, 0.25) is 5.02 Å². The lowest BCUT2D eigenvalue weighted by atomic mass is 10.2. The molecule has 1 N–H and O–H groups in total. The van der Waals surface area contributed by atoms with Gasteiger partial charge in [-0.25, -0.2) is 8.42 Å². The molecule has 0 saturated heterocycles. The van der Waals surface area contributed by atoms with E-state index in [4.69, 9.17) is 16.3 Å². The molecule has 1 unspecified atom stereocenters. The smallest absolute Gasteiger partial charge is 0.147 e. The Labute approximate surface area is 132 Å². The summed E-state index contributed by atoms with van der Waals surface area (Å²) in [4.78, 5) is 0. The van der Waals surface area contributed by atoms with Crippen LogP contribution in [0.1, 0.15) is 26.2 Å². The lowest BCUT2D eigenvalue weighted by Crippen LogP contribution is -2.35. The van der Waals surface area contributed by atoms with Gasteiger partial charge in [0.1, 0.15) is 22.2 Å². The molecule has 1 aromatic carbocycles. The predicted molar refractivity (Wildman–Crippen MR) is 88.0 cm³/mol. The van der Waals surface area contributed by atoms with E-state index in [1.165, 1.54) is 6.26 Å². The van der Waals surface area contributed by atoms with Gasteiger partial charge in [0.2, 0.25) is 0 Å². The van der Waals surface area contributed by atoms with Crippen molar-refractivity contribution in [3.8, 4) is 5.75 Å². The zero-order chi connectivity index (χ0) is 15.7. The van der Waals surface area contributed by atoms with Crippen LogP contribution in [0.15, 0.2) is 24.3 Å². The van der Waals surface area contributed by atoms with Crippen molar-refractivity contribution in [3.05, 3.63) is 29.3 Å². The Kier molecular flexibility index (Phi) is 8.07. The summed E-state index contributed by atoms with van der Waals surface area (Å²) in [6.45, 7) is 3.49. The van der Waals surface area contributed by atoms with Gasteiger partial charge in [-0.2, -0.15) is 0 Å². The van der Waals surface area contributed by atoms with E-state index < -0.39 is 9.84 Å². The van der Waals surface area contributed by atoms with Gasteiger partial charge in [0.05, 0.1) is 0 Å². The maximum atomic E-state index is 11.2. The molecule has 1 atom stereocenters. The fraction of sp³-hybridized carbons (Fsp3) is 0.600. The lowest BCUT2D eigenvalue weighted by molar-refractivity contribution is 0.256. The summed E-state index contributed by atoms with van der Waals surface area (Å²) in [6.07, 6.45) is 3.70. The molecule has 0 saturated carbocycles. The SMILES string of the molecule is CCCNC(CCCS(C)(=O)=O)COc1cccc(Cl)c1. The maximum absolute atomic E-state index is 11.2. The molecule has 120 valence electrons. The minimum Gasteiger partial charge on any atom is -0.492 e. The Hall–Kier alpha value is -0.780. The molecule has 1 rings (SSSR count). The maximum Gasteiger partial charge on any atom is 0.147 e. The monoisotopic (exact) mass is 333 g/mol. The van der Waals surface area contributed by atoms with Crippen LogP contribution in [0, 0.1) is 0 Å². The molecule has 0 radical (unpaired) electrons. The van der Waals surface area contributed by atoms with Gasteiger partial charge in [-0.1, -0.05) is 24.6 Å². The minimum absolute atomic E-state index is 0.144. The summed E-state index contributed by atoms with van der Waals surface area (Å²) >= 11 is 5.92. The Bertz CT molecular complexity index is 519. The first kappa shape index (κ1) is 18.3. The lowest BCUT2D eigenvalue weighted by Gasteiger charge is -2.19. The number of rotatable bonds is 10. The standard InChI is InChI=1S/C15H24ClNO3S/c1-3-9-17-14(7-5-10-21(2,18)19)12-20-15-8-4-6-13(16)11-15/h4,6,8,11,14,17H,3,5,7,9-10,12H2,1-2H3. The molecule has 0 heterocycles. The molecule has 21 heavy (non-hydrogen) atoms. The molecule has 0 aliphatic heterocycles. The predicted octanol–water partition coefficient (Wildman–Crippen LogP) is 2.91. The number of benzene rings is 1. The molecule has 0 fully saturated rings. The molecular formula is C15H24ClNO3S. The number of sulfone groups is 1. The van der Waals surface area contributed by atoms with Crippen LogP contribution in [0.4, 0.5) is 0 Å². The number of nitrogens with one attached hydrogen (secondary N) is 1. The Morgan fingerprint density at radius 1 is 1.38 bits per heavy atom. The summed E-state index contributed by atoms with van der Waals surface area (Å²) in [7, 11) is -2.90. The van der Waals surface area contributed by atoms with Gasteiger partial charge in [0, 0.05) is 23.1 Å². The number of ether oxygens (including phenoxy) is 1. The van der Waals surface area contributed by atoms with Crippen LogP contribution in [0.5, 0.6) is 5.75 Å². The molecule has 0 spiro atoms. The highest BCUT2D eigenvalue weighted by atomic mass is 35.5.